The van der Waals surface area contributed by atoms with Gasteiger partial charge in [-0.1, -0.05) is 0 Å². The van der Waals surface area contributed by atoms with Crippen LogP contribution in [-0.2, 0) is 6.54 Å². The van der Waals surface area contributed by atoms with E-state index in [1.807, 2.05) is 24.3 Å². The second-order valence-electron chi connectivity index (χ2n) is 4.66. The zero-order chi connectivity index (χ0) is 11.8. The van der Waals surface area contributed by atoms with E-state index in [2.05, 4.69) is 16.2 Å². The maximum Gasteiger partial charge on any atom is 0.265 e. The fraction of sp³-hybridized carbons (Fsp3) is 0.308. The molecular weight excluding hydrogens is 214 g/mol. The molecule has 1 amide bonds. The van der Waals surface area contributed by atoms with Crippen LogP contribution in [0.15, 0.2) is 30.5 Å². The lowest BCUT2D eigenvalue weighted by atomic mass is 10.1. The van der Waals surface area contributed by atoms with Gasteiger partial charge in [-0.25, -0.2) is 5.84 Å². The monoisotopic (exact) mass is 229 g/mol. The first-order valence-electron chi connectivity index (χ1n) is 5.88. The van der Waals surface area contributed by atoms with E-state index in [9.17, 15) is 4.79 Å². The number of fused-ring (bicyclic) bond motifs is 1. The molecule has 1 fully saturated rings. The minimum Gasteiger partial charge on any atom is -0.347 e. The highest BCUT2D eigenvalue weighted by Crippen LogP contribution is 2.32. The second kappa shape index (κ2) is 3.89. The summed E-state index contributed by atoms with van der Waals surface area (Å²) in [5.41, 5.74) is 3.94. The average Bonchev–Trinajstić information content (AvgIpc) is 3.09. The van der Waals surface area contributed by atoms with Crippen LogP contribution in [-0.4, -0.2) is 10.5 Å². The number of hydrazine groups is 1. The summed E-state index contributed by atoms with van der Waals surface area (Å²) in [4.78, 5) is 11.4. The zero-order valence-electron chi connectivity index (χ0n) is 9.52. The van der Waals surface area contributed by atoms with Crippen molar-refractivity contribution in [1.82, 2.24) is 9.99 Å². The molecule has 4 heteroatoms. The van der Waals surface area contributed by atoms with Crippen molar-refractivity contribution >= 4 is 16.8 Å². The molecule has 0 unspecified atom stereocenters. The van der Waals surface area contributed by atoms with Gasteiger partial charge in [-0.3, -0.25) is 10.2 Å². The number of nitrogens with zero attached hydrogens (tertiary/aromatic N) is 1. The highest BCUT2D eigenvalue weighted by atomic mass is 16.2. The van der Waals surface area contributed by atoms with E-state index in [4.69, 9.17) is 5.84 Å². The third-order valence-corrected chi connectivity index (χ3v) is 3.32. The Morgan fingerprint density at radius 3 is 2.94 bits per heavy atom. The molecule has 1 aromatic heterocycles. The van der Waals surface area contributed by atoms with Crippen molar-refractivity contribution in [3.63, 3.8) is 0 Å². The number of hydrogen-bond acceptors (Lipinski definition) is 2. The summed E-state index contributed by atoms with van der Waals surface area (Å²) >= 11 is 0. The van der Waals surface area contributed by atoms with E-state index >= 15 is 0 Å². The number of benzene rings is 1. The molecule has 0 atom stereocenters. The lowest BCUT2D eigenvalue weighted by Gasteiger charge is -2.04. The summed E-state index contributed by atoms with van der Waals surface area (Å²) < 4.78 is 2.26. The second-order valence-corrected chi connectivity index (χ2v) is 4.66. The van der Waals surface area contributed by atoms with Crippen molar-refractivity contribution in [2.45, 2.75) is 19.4 Å². The number of rotatable bonds is 3. The van der Waals surface area contributed by atoms with Crippen molar-refractivity contribution in [1.29, 1.82) is 0 Å². The molecule has 88 valence electrons. The molecule has 1 saturated carbocycles. The first-order chi connectivity index (χ1) is 8.28. The molecule has 0 bridgehead atoms. The van der Waals surface area contributed by atoms with E-state index in [1.165, 1.54) is 18.4 Å². The van der Waals surface area contributed by atoms with Crippen molar-refractivity contribution in [2.75, 3.05) is 0 Å². The van der Waals surface area contributed by atoms with Gasteiger partial charge in [0.05, 0.1) is 0 Å². The molecule has 4 nitrogen and oxygen atoms in total. The van der Waals surface area contributed by atoms with Crippen LogP contribution in [0.3, 0.4) is 0 Å². The smallest absolute Gasteiger partial charge is 0.265 e. The Morgan fingerprint density at radius 1 is 1.41 bits per heavy atom. The van der Waals surface area contributed by atoms with Gasteiger partial charge in [0.1, 0.15) is 0 Å². The van der Waals surface area contributed by atoms with E-state index in [0.29, 0.717) is 5.56 Å². The van der Waals surface area contributed by atoms with Gasteiger partial charge in [-0.15, -0.1) is 0 Å². The van der Waals surface area contributed by atoms with E-state index in [0.717, 1.165) is 17.8 Å². The van der Waals surface area contributed by atoms with Crippen LogP contribution < -0.4 is 11.3 Å². The molecule has 3 N–H and O–H groups in total. The van der Waals surface area contributed by atoms with Crippen molar-refractivity contribution in [3.8, 4) is 0 Å². The maximum atomic E-state index is 11.4. The third-order valence-electron chi connectivity index (χ3n) is 3.32. The van der Waals surface area contributed by atoms with Gasteiger partial charge in [0.15, 0.2) is 0 Å². The Bertz CT molecular complexity index is 569. The normalized spacial score (nSPS) is 15.1. The predicted molar refractivity (Wildman–Crippen MR) is 66.3 cm³/mol. The number of carbonyl (C=O) groups is 1. The Balaban J connectivity index is 1.97. The average molecular weight is 229 g/mol. The summed E-state index contributed by atoms with van der Waals surface area (Å²) in [7, 11) is 0. The van der Waals surface area contributed by atoms with Crippen LogP contribution in [0.2, 0.25) is 0 Å². The van der Waals surface area contributed by atoms with Gasteiger partial charge < -0.3 is 4.57 Å². The number of aromatic nitrogens is 1. The Morgan fingerprint density at radius 2 is 2.24 bits per heavy atom. The Kier molecular flexibility index (Phi) is 2.37. The molecule has 2 aromatic rings. The molecule has 1 aliphatic rings. The summed E-state index contributed by atoms with van der Waals surface area (Å²) in [5, 5.41) is 1.09. The summed E-state index contributed by atoms with van der Waals surface area (Å²) in [6.07, 6.45) is 4.77. The SMILES string of the molecule is NNC(=O)c1ccc2c(ccn2CC2CC2)c1. The summed E-state index contributed by atoms with van der Waals surface area (Å²) in [5.74, 6) is 5.72. The van der Waals surface area contributed by atoms with E-state index in [-0.39, 0.29) is 5.91 Å². The van der Waals surface area contributed by atoms with Crippen LogP contribution in [0.25, 0.3) is 10.9 Å². The fourth-order valence-corrected chi connectivity index (χ4v) is 2.16. The fourth-order valence-electron chi connectivity index (χ4n) is 2.16. The number of hydrogen-bond donors (Lipinski definition) is 2. The molecule has 0 spiro atoms. The van der Waals surface area contributed by atoms with Gasteiger partial charge in [0.2, 0.25) is 0 Å². The summed E-state index contributed by atoms with van der Waals surface area (Å²) in [6, 6.07) is 7.72. The molecule has 3 rings (SSSR count). The standard InChI is InChI=1S/C13H15N3O/c14-15-13(17)11-3-4-12-10(7-11)5-6-16(12)8-9-1-2-9/h3-7,9H,1-2,8,14H2,(H,15,17). The Hall–Kier alpha value is -1.81. The number of carbonyl (C=O) groups excluding carboxylic acids is 1. The largest absolute Gasteiger partial charge is 0.347 e. The van der Waals surface area contributed by atoms with Gasteiger partial charge >= 0.3 is 0 Å². The molecule has 17 heavy (non-hydrogen) atoms. The molecule has 1 aromatic carbocycles. The van der Waals surface area contributed by atoms with Gasteiger partial charge in [0.25, 0.3) is 5.91 Å². The van der Waals surface area contributed by atoms with Crippen LogP contribution in [0.5, 0.6) is 0 Å². The van der Waals surface area contributed by atoms with Crippen molar-refractivity contribution in [3.05, 3.63) is 36.0 Å². The van der Waals surface area contributed by atoms with Gasteiger partial charge in [-0.05, 0) is 43.0 Å². The number of nitrogen functional groups attached to an aromatic ring is 1. The zero-order valence-corrected chi connectivity index (χ0v) is 9.52. The molecule has 1 heterocycles. The van der Waals surface area contributed by atoms with Crippen LogP contribution in [0, 0.1) is 5.92 Å². The molecule has 1 aliphatic carbocycles. The number of nitrogens with one attached hydrogen (secondary N) is 1. The minimum absolute atomic E-state index is 0.248. The van der Waals surface area contributed by atoms with Crippen LogP contribution >= 0.6 is 0 Å². The Labute approximate surface area is 99.4 Å². The van der Waals surface area contributed by atoms with Crippen LogP contribution in [0.4, 0.5) is 0 Å². The number of amides is 1. The molecular formula is C13H15N3O. The number of nitrogens with two attached hydrogens (primary N) is 1. The van der Waals surface area contributed by atoms with Crippen molar-refractivity contribution in [2.24, 2.45) is 11.8 Å². The lowest BCUT2D eigenvalue weighted by molar-refractivity contribution is 0.0954. The molecule has 0 saturated heterocycles. The lowest BCUT2D eigenvalue weighted by Crippen LogP contribution is -2.29. The summed E-state index contributed by atoms with van der Waals surface area (Å²) in [6.45, 7) is 1.09. The molecule has 0 radical (unpaired) electrons. The first-order valence-corrected chi connectivity index (χ1v) is 5.88. The predicted octanol–water partition coefficient (Wildman–Crippen LogP) is 1.65. The van der Waals surface area contributed by atoms with Gasteiger partial charge in [-0.2, -0.15) is 0 Å². The highest BCUT2D eigenvalue weighted by Gasteiger charge is 2.22. The van der Waals surface area contributed by atoms with Crippen molar-refractivity contribution < 1.29 is 4.79 Å². The van der Waals surface area contributed by atoms with E-state index in [1.54, 1.807) is 0 Å². The highest BCUT2D eigenvalue weighted by molar-refractivity contribution is 5.97. The van der Waals surface area contributed by atoms with E-state index < -0.39 is 0 Å². The topological polar surface area (TPSA) is 60.0 Å². The quantitative estimate of drug-likeness (QED) is 0.477. The minimum atomic E-state index is -0.248. The maximum absolute atomic E-state index is 11.4. The molecule has 0 aliphatic heterocycles. The third kappa shape index (κ3) is 1.91. The van der Waals surface area contributed by atoms with Gasteiger partial charge in [0, 0.05) is 29.2 Å². The van der Waals surface area contributed by atoms with Crippen LogP contribution in [0.1, 0.15) is 23.2 Å². The first kappa shape index (κ1) is 10.4.